The van der Waals surface area contributed by atoms with Gasteiger partial charge in [-0.1, -0.05) is 50.3 Å². The molecule has 2 nitrogen and oxygen atoms in total. The van der Waals surface area contributed by atoms with Crippen LogP contribution in [0.1, 0.15) is 43.4 Å². The average Bonchev–Trinajstić information content (AvgIpc) is 2.63. The first-order valence-corrected chi connectivity index (χ1v) is 6.63. The lowest BCUT2D eigenvalue weighted by atomic mass is 9.96. The fourth-order valence-corrected chi connectivity index (χ4v) is 2.09. The maximum atomic E-state index is 10.4. The van der Waals surface area contributed by atoms with Crippen molar-refractivity contribution in [3.63, 3.8) is 0 Å². The molecule has 0 saturated carbocycles. The van der Waals surface area contributed by atoms with Gasteiger partial charge in [-0.2, -0.15) is 0 Å². The summed E-state index contributed by atoms with van der Waals surface area (Å²) in [6, 6.07) is 8.04. The van der Waals surface area contributed by atoms with E-state index in [0.29, 0.717) is 12.3 Å². The van der Waals surface area contributed by atoms with Gasteiger partial charge >= 0.3 is 0 Å². The van der Waals surface area contributed by atoms with Gasteiger partial charge in [0.05, 0.1) is 0 Å². The molecule has 19 heavy (non-hydrogen) atoms. The first kappa shape index (κ1) is 13.6. The van der Waals surface area contributed by atoms with Crippen molar-refractivity contribution in [3.8, 4) is 0 Å². The van der Waals surface area contributed by atoms with Crippen LogP contribution in [0.3, 0.4) is 0 Å². The molecule has 1 aromatic carbocycles. The Morgan fingerprint density at radius 2 is 1.58 bits per heavy atom. The zero-order valence-electron chi connectivity index (χ0n) is 11.4. The minimum absolute atomic E-state index is 0.244. The van der Waals surface area contributed by atoms with Crippen molar-refractivity contribution in [2.75, 3.05) is 0 Å². The molecule has 100 valence electrons. The van der Waals surface area contributed by atoms with Crippen LogP contribution in [0, 0.1) is 0 Å². The van der Waals surface area contributed by atoms with Gasteiger partial charge in [0.25, 0.3) is 0 Å². The SMILES string of the molecule is CC(C)c1ccc(C(O)C2=CCC=C(O)C=C2)cc1. The molecule has 2 heteroatoms. The van der Waals surface area contributed by atoms with Crippen molar-refractivity contribution >= 4 is 0 Å². The Hall–Kier alpha value is -1.80. The molecule has 0 bridgehead atoms. The summed E-state index contributed by atoms with van der Waals surface area (Å²) >= 11 is 0. The van der Waals surface area contributed by atoms with Crippen molar-refractivity contribution in [1.82, 2.24) is 0 Å². The zero-order chi connectivity index (χ0) is 13.8. The van der Waals surface area contributed by atoms with Gasteiger partial charge in [-0.05, 0) is 41.2 Å². The lowest BCUT2D eigenvalue weighted by Gasteiger charge is -2.14. The quantitative estimate of drug-likeness (QED) is 0.852. The number of benzene rings is 1. The highest BCUT2D eigenvalue weighted by Crippen LogP contribution is 2.26. The summed E-state index contributed by atoms with van der Waals surface area (Å²) in [6.07, 6.45) is 7.02. The molecular weight excluding hydrogens is 236 g/mol. The van der Waals surface area contributed by atoms with Crippen LogP contribution < -0.4 is 0 Å². The molecule has 1 atom stereocenters. The standard InChI is InChI=1S/C17H20O2/c1-12(2)13-6-8-15(9-7-13)17(19)14-4-3-5-16(18)11-10-14/h4-12,17-19H,3H2,1-2H3. The molecule has 0 fully saturated rings. The molecule has 1 unspecified atom stereocenters. The molecule has 0 spiro atoms. The van der Waals surface area contributed by atoms with Gasteiger partial charge in [0.1, 0.15) is 11.9 Å². The predicted octanol–water partition coefficient (Wildman–Crippen LogP) is 4.17. The fourth-order valence-electron chi connectivity index (χ4n) is 2.09. The van der Waals surface area contributed by atoms with Gasteiger partial charge in [0.15, 0.2) is 0 Å². The normalized spacial score (nSPS) is 16.8. The first-order chi connectivity index (χ1) is 9.08. The molecule has 2 rings (SSSR count). The van der Waals surface area contributed by atoms with Crippen molar-refractivity contribution in [2.45, 2.75) is 32.3 Å². The number of allylic oxidation sites excluding steroid dienone is 3. The van der Waals surface area contributed by atoms with E-state index in [0.717, 1.165) is 11.1 Å². The summed E-state index contributed by atoms with van der Waals surface area (Å²) in [7, 11) is 0. The molecule has 1 aliphatic carbocycles. The molecule has 1 aliphatic rings. The van der Waals surface area contributed by atoms with E-state index in [1.54, 1.807) is 18.2 Å². The van der Waals surface area contributed by atoms with E-state index in [9.17, 15) is 10.2 Å². The highest BCUT2D eigenvalue weighted by Gasteiger charge is 2.12. The van der Waals surface area contributed by atoms with Gasteiger partial charge in [-0.3, -0.25) is 0 Å². The molecule has 0 aliphatic heterocycles. The monoisotopic (exact) mass is 256 g/mol. The number of hydrogen-bond acceptors (Lipinski definition) is 2. The molecule has 0 saturated heterocycles. The molecule has 0 aromatic heterocycles. The molecule has 0 heterocycles. The summed E-state index contributed by atoms with van der Waals surface area (Å²) in [5.74, 6) is 0.734. The maximum absolute atomic E-state index is 10.4. The van der Waals surface area contributed by atoms with Crippen molar-refractivity contribution in [1.29, 1.82) is 0 Å². The lowest BCUT2D eigenvalue weighted by molar-refractivity contribution is 0.219. The second-order valence-electron chi connectivity index (χ2n) is 5.13. The Kier molecular flexibility index (Phi) is 4.23. The van der Waals surface area contributed by atoms with E-state index in [2.05, 4.69) is 26.0 Å². The third-order valence-corrected chi connectivity index (χ3v) is 3.36. The van der Waals surface area contributed by atoms with Crippen LogP contribution in [0.4, 0.5) is 0 Å². The topological polar surface area (TPSA) is 40.5 Å². The number of hydrogen-bond donors (Lipinski definition) is 2. The Morgan fingerprint density at radius 3 is 2.21 bits per heavy atom. The highest BCUT2D eigenvalue weighted by molar-refractivity contribution is 5.37. The van der Waals surface area contributed by atoms with Crippen LogP contribution in [0.2, 0.25) is 0 Å². The van der Waals surface area contributed by atoms with Gasteiger partial charge in [-0.15, -0.1) is 0 Å². The molecule has 0 radical (unpaired) electrons. The summed E-state index contributed by atoms with van der Waals surface area (Å²) in [5.41, 5.74) is 2.96. The van der Waals surface area contributed by atoms with E-state index in [1.807, 2.05) is 18.2 Å². The first-order valence-electron chi connectivity index (χ1n) is 6.63. The zero-order valence-corrected chi connectivity index (χ0v) is 11.4. The van der Waals surface area contributed by atoms with Gasteiger partial charge in [0.2, 0.25) is 0 Å². The van der Waals surface area contributed by atoms with Crippen LogP contribution in [-0.4, -0.2) is 10.2 Å². The second-order valence-corrected chi connectivity index (χ2v) is 5.13. The van der Waals surface area contributed by atoms with Crippen LogP contribution in [0.25, 0.3) is 0 Å². The van der Waals surface area contributed by atoms with Gasteiger partial charge in [-0.25, -0.2) is 0 Å². The number of aliphatic hydroxyl groups is 2. The molecule has 1 aromatic rings. The minimum atomic E-state index is -0.642. The second kappa shape index (κ2) is 5.89. The van der Waals surface area contributed by atoms with E-state index in [1.165, 1.54) is 5.56 Å². The number of rotatable bonds is 3. The largest absolute Gasteiger partial charge is 0.508 e. The van der Waals surface area contributed by atoms with E-state index >= 15 is 0 Å². The van der Waals surface area contributed by atoms with Crippen LogP contribution in [-0.2, 0) is 0 Å². The van der Waals surface area contributed by atoms with Crippen LogP contribution in [0.5, 0.6) is 0 Å². The predicted molar refractivity (Wildman–Crippen MR) is 78.0 cm³/mol. The Balaban J connectivity index is 2.18. The molecular formula is C17H20O2. The summed E-state index contributed by atoms with van der Waals surface area (Å²) < 4.78 is 0. The summed E-state index contributed by atoms with van der Waals surface area (Å²) in [5, 5.41) is 19.8. The van der Waals surface area contributed by atoms with E-state index in [-0.39, 0.29) is 5.76 Å². The fraction of sp³-hybridized carbons (Fsp3) is 0.294. The Morgan fingerprint density at radius 1 is 0.947 bits per heavy atom. The van der Waals surface area contributed by atoms with Crippen LogP contribution in [0.15, 0.2) is 59.9 Å². The minimum Gasteiger partial charge on any atom is -0.508 e. The molecule has 0 amide bonds. The Bertz CT molecular complexity index is 519. The van der Waals surface area contributed by atoms with Crippen molar-refractivity contribution < 1.29 is 10.2 Å². The third-order valence-electron chi connectivity index (χ3n) is 3.36. The summed E-state index contributed by atoms with van der Waals surface area (Å²) in [4.78, 5) is 0. The van der Waals surface area contributed by atoms with E-state index < -0.39 is 6.10 Å². The van der Waals surface area contributed by atoms with Crippen LogP contribution >= 0.6 is 0 Å². The smallest absolute Gasteiger partial charge is 0.111 e. The molecule has 2 N–H and O–H groups in total. The summed E-state index contributed by atoms with van der Waals surface area (Å²) in [6.45, 7) is 4.30. The van der Waals surface area contributed by atoms with Gasteiger partial charge in [0, 0.05) is 0 Å². The van der Waals surface area contributed by atoms with Gasteiger partial charge < -0.3 is 10.2 Å². The average molecular weight is 256 g/mol. The third kappa shape index (κ3) is 3.36. The lowest BCUT2D eigenvalue weighted by Crippen LogP contribution is -2.00. The van der Waals surface area contributed by atoms with Crippen molar-refractivity contribution in [2.24, 2.45) is 0 Å². The maximum Gasteiger partial charge on any atom is 0.111 e. The number of aliphatic hydroxyl groups excluding tert-OH is 2. The van der Waals surface area contributed by atoms with E-state index in [4.69, 9.17) is 0 Å². The highest BCUT2D eigenvalue weighted by atomic mass is 16.3. The Labute approximate surface area is 114 Å². The van der Waals surface area contributed by atoms with Crippen molar-refractivity contribution in [3.05, 3.63) is 71.0 Å².